The number of carbonyl (C=O) groups is 1. The highest BCUT2D eigenvalue weighted by molar-refractivity contribution is 5.85. The zero-order chi connectivity index (χ0) is 18.2. The number of hydrogen-bond donors (Lipinski definition) is 3. The molecule has 1 aromatic carbocycles. The summed E-state index contributed by atoms with van der Waals surface area (Å²) in [6, 6.07) is 10.6. The van der Waals surface area contributed by atoms with Crippen LogP contribution < -0.4 is 10.6 Å². The van der Waals surface area contributed by atoms with Crippen molar-refractivity contribution in [2.24, 2.45) is 5.92 Å². The summed E-state index contributed by atoms with van der Waals surface area (Å²) in [5.41, 5.74) is 1.46. The summed E-state index contributed by atoms with van der Waals surface area (Å²) in [7, 11) is 0. The van der Waals surface area contributed by atoms with E-state index in [4.69, 9.17) is 0 Å². The molecule has 160 valence electrons. The van der Waals surface area contributed by atoms with E-state index in [1.807, 2.05) is 0 Å². The maximum atomic E-state index is 11.9. The third kappa shape index (κ3) is 8.26. The molecule has 2 unspecified atom stereocenters. The average molecular weight is 432 g/mol. The summed E-state index contributed by atoms with van der Waals surface area (Å²) in [5, 5.41) is 15.5. The molecule has 7 heteroatoms. The summed E-state index contributed by atoms with van der Waals surface area (Å²) < 4.78 is 0. The van der Waals surface area contributed by atoms with Crippen LogP contribution >= 0.6 is 24.8 Å². The van der Waals surface area contributed by atoms with Gasteiger partial charge < -0.3 is 20.6 Å². The van der Waals surface area contributed by atoms with Crippen molar-refractivity contribution in [3.63, 3.8) is 0 Å². The van der Waals surface area contributed by atoms with E-state index in [2.05, 4.69) is 45.9 Å². The molecule has 0 radical (unpaired) electrons. The fourth-order valence-electron chi connectivity index (χ4n) is 4.07. The number of carbonyl (C=O) groups excluding carboxylic acids is 1. The highest BCUT2D eigenvalue weighted by Gasteiger charge is 2.27. The van der Waals surface area contributed by atoms with Gasteiger partial charge in [0.15, 0.2) is 0 Å². The Morgan fingerprint density at radius 3 is 2.50 bits per heavy atom. The molecule has 2 aliphatic rings. The van der Waals surface area contributed by atoms with Crippen molar-refractivity contribution in [2.75, 3.05) is 32.7 Å². The van der Waals surface area contributed by atoms with E-state index in [0.29, 0.717) is 13.0 Å². The lowest BCUT2D eigenvalue weighted by atomic mass is 9.90. The summed E-state index contributed by atoms with van der Waals surface area (Å²) in [6.45, 7) is 4.80. The number of nitrogens with zero attached hydrogens (tertiary/aromatic N) is 1. The number of hydrogen-bond acceptors (Lipinski definition) is 4. The maximum Gasteiger partial charge on any atom is 0.237 e. The van der Waals surface area contributed by atoms with Crippen LogP contribution in [0, 0.1) is 5.92 Å². The van der Waals surface area contributed by atoms with Gasteiger partial charge in [0.2, 0.25) is 5.91 Å². The van der Waals surface area contributed by atoms with Gasteiger partial charge in [0.1, 0.15) is 0 Å². The SMILES string of the molecule is Cl.Cl.O=C(NCCCCN1CCC(Cc2ccccc2)CC1)C1CC(O)CN1. The molecule has 1 aromatic rings. The molecule has 28 heavy (non-hydrogen) atoms. The van der Waals surface area contributed by atoms with Crippen molar-refractivity contribution in [3.8, 4) is 0 Å². The van der Waals surface area contributed by atoms with Crippen molar-refractivity contribution >= 4 is 30.7 Å². The van der Waals surface area contributed by atoms with Crippen molar-refractivity contribution in [1.82, 2.24) is 15.5 Å². The molecule has 0 saturated carbocycles. The topological polar surface area (TPSA) is 64.6 Å². The summed E-state index contributed by atoms with van der Waals surface area (Å²) in [5.74, 6) is 0.852. The first-order valence-corrected chi connectivity index (χ1v) is 10.2. The van der Waals surface area contributed by atoms with E-state index in [1.54, 1.807) is 0 Å². The molecule has 2 fully saturated rings. The van der Waals surface area contributed by atoms with Crippen molar-refractivity contribution < 1.29 is 9.90 Å². The van der Waals surface area contributed by atoms with E-state index < -0.39 is 0 Å². The quantitative estimate of drug-likeness (QED) is 0.552. The molecule has 3 N–H and O–H groups in total. The Morgan fingerprint density at radius 2 is 1.86 bits per heavy atom. The number of piperidine rings is 1. The molecule has 1 amide bonds. The lowest BCUT2D eigenvalue weighted by molar-refractivity contribution is -0.122. The first-order valence-electron chi connectivity index (χ1n) is 10.2. The Morgan fingerprint density at radius 1 is 1.14 bits per heavy atom. The summed E-state index contributed by atoms with van der Waals surface area (Å²) in [6.07, 6.45) is 6.10. The van der Waals surface area contributed by atoms with Crippen LogP contribution in [0.2, 0.25) is 0 Å². The number of benzene rings is 1. The van der Waals surface area contributed by atoms with Crippen LogP contribution in [0.4, 0.5) is 0 Å². The van der Waals surface area contributed by atoms with Crippen molar-refractivity contribution in [3.05, 3.63) is 35.9 Å². The number of rotatable bonds is 8. The number of β-amino-alcohol motifs (C(OH)–C–C–N with tert-alkyl or cyclic N) is 1. The smallest absolute Gasteiger partial charge is 0.237 e. The molecule has 0 aromatic heterocycles. The van der Waals surface area contributed by atoms with Crippen LogP contribution in [0.1, 0.15) is 37.7 Å². The molecule has 0 spiro atoms. The van der Waals surface area contributed by atoms with Gasteiger partial charge in [-0.3, -0.25) is 4.79 Å². The molecular formula is C21H35Cl2N3O2. The van der Waals surface area contributed by atoms with Gasteiger partial charge in [-0.05, 0) is 69.6 Å². The van der Waals surface area contributed by atoms with E-state index in [1.165, 1.54) is 37.9 Å². The van der Waals surface area contributed by atoms with Gasteiger partial charge in [0, 0.05) is 13.1 Å². The summed E-state index contributed by atoms with van der Waals surface area (Å²) in [4.78, 5) is 14.5. The second-order valence-corrected chi connectivity index (χ2v) is 7.82. The zero-order valence-electron chi connectivity index (χ0n) is 16.5. The Hall–Kier alpha value is -0.850. The molecule has 0 aliphatic carbocycles. The fraction of sp³-hybridized carbons (Fsp3) is 0.667. The molecule has 3 rings (SSSR count). The molecule has 2 atom stereocenters. The third-order valence-corrected chi connectivity index (χ3v) is 5.70. The van der Waals surface area contributed by atoms with Crippen LogP contribution in [0.15, 0.2) is 30.3 Å². The van der Waals surface area contributed by atoms with E-state index in [9.17, 15) is 9.90 Å². The highest BCUT2D eigenvalue weighted by atomic mass is 35.5. The zero-order valence-corrected chi connectivity index (χ0v) is 18.1. The number of likely N-dealkylation sites (tertiary alicyclic amines) is 1. The second-order valence-electron chi connectivity index (χ2n) is 7.82. The number of unbranched alkanes of at least 4 members (excludes halogenated alkanes) is 1. The molecule has 2 heterocycles. The predicted molar refractivity (Wildman–Crippen MR) is 118 cm³/mol. The standard InChI is InChI=1S/C21H33N3O2.2ClH/c25-19-15-20(23-16-19)21(26)22-10-4-5-11-24-12-8-18(9-13-24)14-17-6-2-1-3-7-17;;/h1-3,6-7,18-20,23,25H,4-5,8-16H2,(H,22,26);2*1H. The third-order valence-electron chi connectivity index (χ3n) is 5.70. The Labute approximate surface area is 181 Å². The van der Waals surface area contributed by atoms with Gasteiger partial charge in [-0.15, -0.1) is 24.8 Å². The Bertz CT molecular complexity index is 554. The summed E-state index contributed by atoms with van der Waals surface area (Å²) >= 11 is 0. The Kier molecular flexibility index (Phi) is 12.0. The largest absolute Gasteiger partial charge is 0.392 e. The number of halogens is 2. The van der Waals surface area contributed by atoms with Crippen molar-refractivity contribution in [2.45, 2.75) is 50.7 Å². The minimum atomic E-state index is -0.379. The fourth-order valence-corrected chi connectivity index (χ4v) is 4.07. The van der Waals surface area contributed by atoms with Gasteiger partial charge in [0.25, 0.3) is 0 Å². The molecule has 2 saturated heterocycles. The van der Waals surface area contributed by atoms with Crippen LogP contribution in [-0.4, -0.2) is 60.8 Å². The number of nitrogens with one attached hydrogen (secondary N) is 2. The lowest BCUT2D eigenvalue weighted by Crippen LogP contribution is -2.41. The van der Waals surface area contributed by atoms with Gasteiger partial charge in [-0.1, -0.05) is 30.3 Å². The van der Waals surface area contributed by atoms with Crippen LogP contribution in [-0.2, 0) is 11.2 Å². The molecule has 5 nitrogen and oxygen atoms in total. The van der Waals surface area contributed by atoms with E-state index >= 15 is 0 Å². The lowest BCUT2D eigenvalue weighted by Gasteiger charge is -2.32. The van der Waals surface area contributed by atoms with Crippen molar-refractivity contribution in [1.29, 1.82) is 0 Å². The first-order chi connectivity index (χ1) is 12.7. The number of aliphatic hydroxyl groups is 1. The molecular weight excluding hydrogens is 397 g/mol. The van der Waals surface area contributed by atoms with Gasteiger partial charge >= 0.3 is 0 Å². The normalized spacial score (nSPS) is 22.9. The van der Waals surface area contributed by atoms with Crippen LogP contribution in [0.25, 0.3) is 0 Å². The van der Waals surface area contributed by atoms with Gasteiger partial charge in [-0.2, -0.15) is 0 Å². The number of amides is 1. The van der Waals surface area contributed by atoms with Gasteiger partial charge in [-0.25, -0.2) is 0 Å². The minimum Gasteiger partial charge on any atom is -0.392 e. The second kappa shape index (κ2) is 13.4. The Balaban J connectivity index is 0.00000196. The number of aliphatic hydroxyl groups excluding tert-OH is 1. The van der Waals surface area contributed by atoms with Crippen LogP contribution in [0.5, 0.6) is 0 Å². The first kappa shape index (κ1) is 25.2. The highest BCUT2D eigenvalue weighted by Crippen LogP contribution is 2.21. The van der Waals surface area contributed by atoms with Crippen LogP contribution in [0.3, 0.4) is 0 Å². The van der Waals surface area contributed by atoms with Gasteiger partial charge in [0.05, 0.1) is 12.1 Å². The molecule has 2 aliphatic heterocycles. The van der Waals surface area contributed by atoms with E-state index in [0.717, 1.165) is 31.8 Å². The monoisotopic (exact) mass is 431 g/mol. The predicted octanol–water partition coefficient (Wildman–Crippen LogP) is 2.40. The molecule has 0 bridgehead atoms. The average Bonchev–Trinajstić information content (AvgIpc) is 3.10. The maximum absolute atomic E-state index is 11.9. The minimum absolute atomic E-state index is 0. The van der Waals surface area contributed by atoms with E-state index in [-0.39, 0.29) is 42.9 Å².